The van der Waals surface area contributed by atoms with Gasteiger partial charge in [0, 0.05) is 21.2 Å². The molecule has 1 nitrogen and oxygen atoms in total. The fraction of sp³-hybridized carbons (Fsp3) is 0.324. The Hall–Kier alpha value is -2.84. The summed E-state index contributed by atoms with van der Waals surface area (Å²) in [6.07, 6.45) is 4.44. The molecule has 6 rings (SSSR count). The molecule has 0 bridgehead atoms. The van der Waals surface area contributed by atoms with Crippen LogP contribution in [0.3, 0.4) is 0 Å². The van der Waals surface area contributed by atoms with E-state index >= 15 is 0 Å². The number of hydrogen-bond donors (Lipinski definition) is 0. The lowest BCUT2D eigenvalue weighted by Gasteiger charge is -2.28. The first-order chi connectivity index (χ1) is 17.1. The number of hydrogen-bond acceptors (Lipinski definition) is 1. The van der Waals surface area contributed by atoms with E-state index in [0.29, 0.717) is 5.92 Å². The van der Waals surface area contributed by atoms with E-state index in [2.05, 4.69) is 114 Å². The quantitative estimate of drug-likeness (QED) is 0.177. The molecule has 0 saturated heterocycles. The summed E-state index contributed by atoms with van der Waals surface area (Å²) in [4.78, 5) is 2.86. The van der Waals surface area contributed by atoms with Crippen molar-refractivity contribution in [2.45, 2.75) is 64.2 Å². The Balaban J connectivity index is 1.77. The van der Waals surface area contributed by atoms with Crippen molar-refractivity contribution in [2.24, 2.45) is 18.4 Å². The van der Waals surface area contributed by atoms with Crippen LogP contribution in [0.4, 0.5) is 0 Å². The van der Waals surface area contributed by atoms with Crippen molar-refractivity contribution in [1.82, 2.24) is 0 Å². The Morgan fingerprint density at radius 2 is 1.58 bits per heavy atom. The van der Waals surface area contributed by atoms with Crippen LogP contribution in [-0.4, -0.2) is 0 Å². The Bertz CT molecular complexity index is 1680. The molecule has 0 N–H and O–H groups in total. The van der Waals surface area contributed by atoms with Gasteiger partial charge in [-0.3, -0.25) is 0 Å². The Morgan fingerprint density at radius 1 is 0.861 bits per heavy atom. The molecule has 0 amide bonds. The van der Waals surface area contributed by atoms with Crippen LogP contribution in [0.5, 0.6) is 0 Å². The molecule has 1 aliphatic rings. The van der Waals surface area contributed by atoms with Crippen LogP contribution < -0.4 is 4.57 Å². The summed E-state index contributed by atoms with van der Waals surface area (Å²) in [5.41, 5.74) is 7.36. The number of fused-ring (bicyclic) bond motifs is 5. The molecule has 5 aromatic rings. The largest absolute Gasteiger partial charge is 0.222 e. The maximum Gasteiger partial charge on any atom is 0.222 e. The van der Waals surface area contributed by atoms with E-state index in [1.807, 2.05) is 11.8 Å². The van der Waals surface area contributed by atoms with Crippen LogP contribution in [-0.2, 0) is 19.9 Å². The first-order valence-electron chi connectivity index (χ1n) is 13.2. The highest BCUT2D eigenvalue weighted by molar-refractivity contribution is 8.00. The zero-order valence-corrected chi connectivity index (χ0v) is 23.4. The van der Waals surface area contributed by atoms with Crippen LogP contribution in [0, 0.1) is 18.3 Å². The van der Waals surface area contributed by atoms with E-state index in [-0.39, 0.29) is 5.41 Å². The molecule has 0 unspecified atom stereocenters. The standard InChI is InChI=1S/C34H36NS/c1-20(2)17-22-11-10-14-25-26-15-16-35(7)32-30-21(3)23-12-8-9-13-24(23)28(19-34(4,5)6)33(30)36-29(31(26)32)18-27(22)25/h8-16,18,20H,17,19H2,1-7H3/q+1. The zero-order valence-electron chi connectivity index (χ0n) is 22.6. The van der Waals surface area contributed by atoms with Gasteiger partial charge in [-0.15, -0.1) is 0 Å². The predicted octanol–water partition coefficient (Wildman–Crippen LogP) is 9.20. The van der Waals surface area contributed by atoms with E-state index in [4.69, 9.17) is 0 Å². The monoisotopic (exact) mass is 490 g/mol. The van der Waals surface area contributed by atoms with Crippen molar-refractivity contribution in [3.8, 4) is 11.3 Å². The van der Waals surface area contributed by atoms with E-state index in [9.17, 15) is 0 Å². The molecule has 0 atom stereocenters. The normalized spacial score (nSPS) is 13.2. The summed E-state index contributed by atoms with van der Waals surface area (Å²) in [5, 5.41) is 8.38. The van der Waals surface area contributed by atoms with Crippen molar-refractivity contribution in [3.63, 3.8) is 0 Å². The summed E-state index contributed by atoms with van der Waals surface area (Å²) in [5.74, 6) is 0.632. The third kappa shape index (κ3) is 3.65. The minimum atomic E-state index is 0.203. The van der Waals surface area contributed by atoms with Crippen LogP contribution >= 0.6 is 11.8 Å². The third-order valence-corrected chi connectivity index (χ3v) is 8.85. The van der Waals surface area contributed by atoms with E-state index < -0.39 is 0 Å². The Morgan fingerprint density at radius 3 is 2.31 bits per heavy atom. The number of benzene rings is 4. The lowest BCUT2D eigenvalue weighted by atomic mass is 9.83. The smallest absolute Gasteiger partial charge is 0.200 e. The maximum absolute atomic E-state index is 2.50. The topological polar surface area (TPSA) is 3.88 Å². The Labute approximate surface area is 219 Å². The molecule has 182 valence electrons. The fourth-order valence-electron chi connectivity index (χ4n) is 6.21. The van der Waals surface area contributed by atoms with Crippen LogP contribution in [0.25, 0.3) is 43.6 Å². The molecule has 0 radical (unpaired) electrons. The van der Waals surface area contributed by atoms with Gasteiger partial charge in [-0.1, -0.05) is 88.8 Å². The van der Waals surface area contributed by atoms with Crippen molar-refractivity contribution >= 4 is 44.1 Å². The average Bonchev–Trinajstić information content (AvgIpc) is 2.82. The van der Waals surface area contributed by atoms with Gasteiger partial charge in [0.05, 0.1) is 10.9 Å². The molecule has 4 aromatic carbocycles. The highest BCUT2D eigenvalue weighted by Gasteiger charge is 2.33. The number of aromatic nitrogens is 1. The van der Waals surface area contributed by atoms with Gasteiger partial charge in [-0.2, -0.15) is 0 Å². The predicted molar refractivity (Wildman–Crippen MR) is 156 cm³/mol. The van der Waals surface area contributed by atoms with Crippen molar-refractivity contribution in [1.29, 1.82) is 0 Å². The second-order valence-electron chi connectivity index (χ2n) is 12.2. The highest BCUT2D eigenvalue weighted by Crippen LogP contribution is 2.53. The zero-order chi connectivity index (χ0) is 25.4. The van der Waals surface area contributed by atoms with Gasteiger partial charge in [-0.05, 0) is 75.4 Å². The second kappa shape index (κ2) is 8.35. The van der Waals surface area contributed by atoms with E-state index in [1.165, 1.54) is 70.1 Å². The third-order valence-electron chi connectivity index (χ3n) is 7.65. The molecular weight excluding hydrogens is 454 g/mol. The lowest BCUT2D eigenvalue weighted by molar-refractivity contribution is -0.659. The molecule has 0 saturated carbocycles. The summed E-state index contributed by atoms with van der Waals surface area (Å²) < 4.78 is 2.36. The number of rotatable bonds is 3. The molecule has 2 heteroatoms. The summed E-state index contributed by atoms with van der Waals surface area (Å²) in [7, 11) is 2.22. The summed E-state index contributed by atoms with van der Waals surface area (Å²) in [6.45, 7) is 14.1. The van der Waals surface area contributed by atoms with Crippen LogP contribution in [0.15, 0.2) is 70.6 Å². The van der Waals surface area contributed by atoms with Crippen LogP contribution in [0.1, 0.15) is 51.3 Å². The minimum Gasteiger partial charge on any atom is -0.200 e. The lowest BCUT2D eigenvalue weighted by Crippen LogP contribution is -2.32. The van der Waals surface area contributed by atoms with Crippen molar-refractivity contribution in [2.75, 3.05) is 0 Å². The average molecular weight is 491 g/mol. The second-order valence-corrected chi connectivity index (χ2v) is 13.3. The summed E-state index contributed by atoms with van der Waals surface area (Å²) >= 11 is 2.01. The minimum absolute atomic E-state index is 0.203. The number of aryl methyl sites for hydroxylation is 2. The van der Waals surface area contributed by atoms with Gasteiger partial charge in [0.2, 0.25) is 5.69 Å². The van der Waals surface area contributed by atoms with E-state index in [1.54, 1.807) is 0 Å². The van der Waals surface area contributed by atoms with Gasteiger partial charge < -0.3 is 0 Å². The van der Waals surface area contributed by atoms with Gasteiger partial charge in [-0.25, -0.2) is 4.57 Å². The van der Waals surface area contributed by atoms with Crippen molar-refractivity contribution < 1.29 is 4.57 Å². The molecule has 0 spiro atoms. The molecule has 1 aromatic heterocycles. The first kappa shape index (κ1) is 23.6. The Kier molecular flexibility index (Phi) is 5.46. The van der Waals surface area contributed by atoms with Gasteiger partial charge in [0.25, 0.3) is 0 Å². The first-order valence-corrected chi connectivity index (χ1v) is 14.0. The van der Waals surface area contributed by atoms with Crippen molar-refractivity contribution in [3.05, 3.63) is 77.5 Å². The molecule has 0 fully saturated rings. The number of nitrogens with zero attached hydrogens (tertiary/aromatic N) is 1. The molecule has 36 heavy (non-hydrogen) atoms. The number of pyridine rings is 1. The van der Waals surface area contributed by atoms with E-state index in [0.717, 1.165) is 12.8 Å². The highest BCUT2D eigenvalue weighted by atomic mass is 32.2. The van der Waals surface area contributed by atoms with Gasteiger partial charge in [0.15, 0.2) is 6.20 Å². The molecular formula is C34H36NS+. The van der Waals surface area contributed by atoms with Gasteiger partial charge in [0.1, 0.15) is 7.05 Å². The maximum atomic E-state index is 2.50. The molecule has 0 aliphatic carbocycles. The fourth-order valence-corrected chi connectivity index (χ4v) is 7.57. The SMILES string of the molecule is Cc1c2c(c(CC(C)(C)C)c3ccccc13)Sc1cc3c(CC(C)C)cccc3c3cc[n+](C)c-2c13. The van der Waals surface area contributed by atoms with Gasteiger partial charge >= 0.3 is 0 Å². The molecule has 2 heterocycles. The van der Waals surface area contributed by atoms with Crippen LogP contribution in [0.2, 0.25) is 0 Å². The molecule has 1 aliphatic heterocycles. The summed E-state index contributed by atoms with van der Waals surface area (Å²) in [6, 6.07) is 20.8.